The second kappa shape index (κ2) is 5.67. The van der Waals surface area contributed by atoms with E-state index in [1.807, 2.05) is 6.07 Å². The number of methoxy groups -OCH3 is 1. The van der Waals surface area contributed by atoms with Crippen LogP contribution in [0.5, 0.6) is 5.75 Å². The van der Waals surface area contributed by atoms with Gasteiger partial charge in [-0.3, -0.25) is 0 Å². The maximum atomic E-state index is 5.67. The molecule has 1 fully saturated rings. The van der Waals surface area contributed by atoms with Crippen molar-refractivity contribution in [3.63, 3.8) is 0 Å². The molecule has 0 bridgehead atoms. The summed E-state index contributed by atoms with van der Waals surface area (Å²) < 4.78 is 11.0. The number of hydrogen-bond acceptors (Lipinski definition) is 3. The molecule has 1 atom stereocenters. The van der Waals surface area contributed by atoms with Crippen LogP contribution >= 0.6 is 0 Å². The van der Waals surface area contributed by atoms with Crippen LogP contribution in [0, 0.1) is 6.92 Å². The van der Waals surface area contributed by atoms with Crippen molar-refractivity contribution in [1.29, 1.82) is 0 Å². The van der Waals surface area contributed by atoms with Crippen LogP contribution in [0.25, 0.3) is 10.9 Å². The zero-order valence-electron chi connectivity index (χ0n) is 12.0. The maximum absolute atomic E-state index is 5.67. The lowest BCUT2D eigenvalue weighted by molar-refractivity contribution is -0.354. The van der Waals surface area contributed by atoms with Gasteiger partial charge >= 0.3 is 0 Å². The third-order valence-electron chi connectivity index (χ3n) is 3.75. The number of ether oxygens (including phenoxy) is 2. The van der Waals surface area contributed by atoms with Crippen molar-refractivity contribution in [2.24, 2.45) is 0 Å². The van der Waals surface area contributed by atoms with E-state index in [9.17, 15) is 0 Å². The van der Waals surface area contributed by atoms with Gasteiger partial charge in [0, 0.05) is 32.2 Å². The van der Waals surface area contributed by atoms with Gasteiger partial charge in [0.1, 0.15) is 5.75 Å². The molecule has 0 spiro atoms. The molecule has 0 amide bonds. The van der Waals surface area contributed by atoms with Crippen molar-refractivity contribution in [3.8, 4) is 5.75 Å². The smallest absolute Gasteiger partial charge is 0.213 e. The largest absolute Gasteiger partial charge is 0.497 e. The number of aryl methyl sites for hydroxylation is 1. The van der Waals surface area contributed by atoms with E-state index in [2.05, 4.69) is 35.4 Å². The first-order valence-electron chi connectivity index (χ1n) is 7.12. The van der Waals surface area contributed by atoms with E-state index in [1.54, 1.807) is 7.11 Å². The predicted octanol–water partition coefficient (Wildman–Crippen LogP) is 2.56. The lowest BCUT2D eigenvalue weighted by atomic mass is 10.1. The number of benzene rings is 1. The predicted molar refractivity (Wildman–Crippen MR) is 79.3 cm³/mol. The highest BCUT2D eigenvalue weighted by atomic mass is 16.5. The normalized spacial score (nSPS) is 18.4. The van der Waals surface area contributed by atoms with Crippen molar-refractivity contribution in [2.45, 2.75) is 25.9 Å². The minimum Gasteiger partial charge on any atom is -0.497 e. The number of rotatable bonds is 4. The van der Waals surface area contributed by atoms with Gasteiger partial charge in [-0.2, -0.15) is 0 Å². The summed E-state index contributed by atoms with van der Waals surface area (Å²) in [6.45, 7) is 3.82. The lowest BCUT2D eigenvalue weighted by Crippen LogP contribution is -2.19. The van der Waals surface area contributed by atoms with Gasteiger partial charge in [0.15, 0.2) is 5.69 Å². The second-order valence-corrected chi connectivity index (χ2v) is 5.29. The van der Waals surface area contributed by atoms with Gasteiger partial charge in [-0.25, -0.2) is 4.98 Å². The molecule has 1 aliphatic heterocycles. The van der Waals surface area contributed by atoms with Crippen LogP contribution in [-0.2, 0) is 4.74 Å². The first-order chi connectivity index (χ1) is 9.76. The molecule has 2 N–H and O–H groups in total. The summed E-state index contributed by atoms with van der Waals surface area (Å²) in [4.78, 5) is 3.38. The Morgan fingerprint density at radius 2 is 2.30 bits per heavy atom. The van der Waals surface area contributed by atoms with Gasteiger partial charge in [0.05, 0.1) is 24.3 Å². The summed E-state index contributed by atoms with van der Waals surface area (Å²) in [6, 6.07) is 8.22. The van der Waals surface area contributed by atoms with Gasteiger partial charge in [-0.15, -0.1) is 0 Å². The minimum atomic E-state index is 0.333. The zero-order chi connectivity index (χ0) is 13.9. The first kappa shape index (κ1) is 13.2. The van der Waals surface area contributed by atoms with Crippen molar-refractivity contribution in [3.05, 3.63) is 30.0 Å². The Hall–Kier alpha value is -1.81. The molecule has 0 aliphatic carbocycles. The quantitative estimate of drug-likeness (QED) is 0.931. The molecule has 4 heteroatoms. The first-order valence-corrected chi connectivity index (χ1v) is 7.12. The third kappa shape index (κ3) is 2.70. The topological polar surface area (TPSA) is 44.6 Å². The molecule has 4 nitrogen and oxygen atoms in total. The van der Waals surface area contributed by atoms with Gasteiger partial charge in [-0.1, -0.05) is 0 Å². The van der Waals surface area contributed by atoms with Crippen LogP contribution in [-0.4, -0.2) is 26.4 Å². The molecule has 3 rings (SSSR count). The molecule has 1 aromatic heterocycles. The van der Waals surface area contributed by atoms with E-state index in [0.717, 1.165) is 47.6 Å². The van der Waals surface area contributed by atoms with E-state index in [1.165, 1.54) is 6.42 Å². The number of anilines is 1. The van der Waals surface area contributed by atoms with Crippen molar-refractivity contribution < 1.29 is 14.5 Å². The highest BCUT2D eigenvalue weighted by Crippen LogP contribution is 2.26. The Morgan fingerprint density at radius 3 is 3.05 bits per heavy atom. The standard InChI is InChI=1S/C16H20N2O2/c1-11-8-16(17-10-13-4-3-7-20-13)14-9-12(19-2)5-6-15(14)18-11/h5-6,8-9,13H,3-4,7,10H2,1-2H3,(H,17,18)/p+1/t13-/m1/s1. The molecule has 20 heavy (non-hydrogen) atoms. The fourth-order valence-corrected chi connectivity index (χ4v) is 2.70. The number of hydrogen-bond donors (Lipinski definition) is 1. The Morgan fingerprint density at radius 1 is 1.40 bits per heavy atom. The minimum absolute atomic E-state index is 0.333. The fourth-order valence-electron chi connectivity index (χ4n) is 2.70. The van der Waals surface area contributed by atoms with Gasteiger partial charge in [0.2, 0.25) is 5.52 Å². The van der Waals surface area contributed by atoms with Crippen LogP contribution in [0.2, 0.25) is 0 Å². The summed E-state index contributed by atoms with van der Waals surface area (Å²) in [5.74, 6) is 0.870. The third-order valence-corrected chi connectivity index (χ3v) is 3.75. The summed E-state index contributed by atoms with van der Waals surface area (Å²) in [5, 5.41) is 4.67. The molecule has 1 aromatic carbocycles. The number of fused-ring (bicyclic) bond motifs is 1. The van der Waals surface area contributed by atoms with Crippen molar-refractivity contribution in [2.75, 3.05) is 25.6 Å². The molecular weight excluding hydrogens is 252 g/mol. The van der Waals surface area contributed by atoms with E-state index >= 15 is 0 Å². The van der Waals surface area contributed by atoms with E-state index in [0.29, 0.717) is 6.10 Å². The summed E-state index contributed by atoms with van der Waals surface area (Å²) in [5.41, 5.74) is 3.38. The van der Waals surface area contributed by atoms with Crippen LogP contribution in [0.4, 0.5) is 5.69 Å². The average Bonchev–Trinajstić information content (AvgIpc) is 2.97. The van der Waals surface area contributed by atoms with E-state index in [4.69, 9.17) is 9.47 Å². The van der Waals surface area contributed by atoms with E-state index in [-0.39, 0.29) is 0 Å². The van der Waals surface area contributed by atoms with Crippen molar-refractivity contribution in [1.82, 2.24) is 0 Å². The zero-order valence-corrected chi connectivity index (χ0v) is 12.0. The summed E-state index contributed by atoms with van der Waals surface area (Å²) in [7, 11) is 1.69. The van der Waals surface area contributed by atoms with Gasteiger partial charge in [-0.05, 0) is 25.0 Å². The molecular formula is C16H21N2O2+. The van der Waals surface area contributed by atoms with Crippen LogP contribution in [0.15, 0.2) is 24.3 Å². The Labute approximate surface area is 119 Å². The highest BCUT2D eigenvalue weighted by molar-refractivity contribution is 5.90. The van der Waals surface area contributed by atoms with Crippen LogP contribution in [0.3, 0.4) is 0 Å². The molecule has 1 aliphatic rings. The Kier molecular flexibility index (Phi) is 3.74. The van der Waals surface area contributed by atoms with Crippen molar-refractivity contribution >= 4 is 16.6 Å². The molecule has 0 unspecified atom stereocenters. The molecule has 0 radical (unpaired) electrons. The number of nitrogens with one attached hydrogen (secondary N) is 2. The molecule has 106 valence electrons. The number of pyridine rings is 1. The van der Waals surface area contributed by atoms with Crippen LogP contribution < -0.4 is 15.0 Å². The molecule has 1 saturated heterocycles. The second-order valence-electron chi connectivity index (χ2n) is 5.29. The molecule has 0 saturated carbocycles. The van der Waals surface area contributed by atoms with Gasteiger partial charge < -0.3 is 14.8 Å². The maximum Gasteiger partial charge on any atom is 0.213 e. The van der Waals surface area contributed by atoms with Crippen LogP contribution in [0.1, 0.15) is 18.5 Å². The summed E-state index contributed by atoms with van der Waals surface area (Å²) in [6.07, 6.45) is 2.65. The number of aromatic amines is 1. The monoisotopic (exact) mass is 273 g/mol. The fraction of sp³-hybridized carbons (Fsp3) is 0.438. The van der Waals surface area contributed by atoms with E-state index < -0.39 is 0 Å². The van der Waals surface area contributed by atoms with Gasteiger partial charge in [0.25, 0.3) is 0 Å². The number of H-pyrrole nitrogens is 1. The highest BCUT2D eigenvalue weighted by Gasteiger charge is 2.16. The average molecular weight is 273 g/mol. The Bertz CT molecular complexity index is 607. The molecule has 2 aromatic rings. The number of aromatic nitrogens is 1. The Balaban J connectivity index is 1.90. The lowest BCUT2D eigenvalue weighted by Gasteiger charge is -2.13. The molecule has 2 heterocycles. The SMILES string of the molecule is COc1ccc2[nH+]c(C)cc(NC[C@H]3CCCO3)c2c1. The summed E-state index contributed by atoms with van der Waals surface area (Å²) >= 11 is 0.